The van der Waals surface area contributed by atoms with Crippen LogP contribution in [0.25, 0.3) is 0 Å². The fraction of sp³-hybridized carbons (Fsp3) is 0.533. The molecule has 1 saturated carbocycles. The van der Waals surface area contributed by atoms with Crippen molar-refractivity contribution in [2.75, 3.05) is 19.5 Å². The fourth-order valence-corrected chi connectivity index (χ4v) is 4.24. The van der Waals surface area contributed by atoms with Crippen LogP contribution in [0.5, 0.6) is 0 Å². The molecule has 118 valence electrons. The third kappa shape index (κ3) is 2.15. The van der Waals surface area contributed by atoms with Gasteiger partial charge in [-0.15, -0.1) is 0 Å². The highest BCUT2D eigenvalue weighted by Crippen LogP contribution is 2.60. The Morgan fingerprint density at radius 2 is 2.05 bits per heavy atom. The Kier molecular flexibility index (Phi) is 3.08. The second-order valence-electron chi connectivity index (χ2n) is 6.16. The monoisotopic (exact) mass is 323 g/mol. The molecule has 4 rings (SSSR count). The topological polar surface area (TPSA) is 72.9 Å². The number of nitrogens with zero attached hydrogens (tertiary/aromatic N) is 1. The molecule has 7 heteroatoms. The number of fused-ring (bicyclic) bond motifs is 3. The minimum Gasteiger partial charge on any atom is -0.352 e. The molecule has 0 aromatic heterocycles. The first kappa shape index (κ1) is 14.2. The number of amides is 1. The van der Waals surface area contributed by atoms with E-state index in [0.29, 0.717) is 6.61 Å². The Morgan fingerprint density at radius 3 is 2.73 bits per heavy atom. The van der Waals surface area contributed by atoms with Gasteiger partial charge < -0.3 is 9.64 Å². The molecule has 0 spiro atoms. The summed E-state index contributed by atoms with van der Waals surface area (Å²) in [6.45, 7) is 0.599. The van der Waals surface area contributed by atoms with Crippen LogP contribution in [0.1, 0.15) is 11.8 Å². The summed E-state index contributed by atoms with van der Waals surface area (Å²) in [6, 6.07) is 9.73. The van der Waals surface area contributed by atoms with Crippen molar-refractivity contribution in [3.8, 4) is 0 Å². The molecule has 0 N–H and O–H groups in total. The standard InChI is InChI=1S/C15H17NO5S/c1-22(18,19)21-7-10-12-11-8-20-15(9-5-3-2-4-6-9)16(11)14(17)13(10)12/h2-6,10-13,15H,7-8H2,1H3/t10-,11+,12+,13+,15+/m0/s1. The lowest BCUT2D eigenvalue weighted by atomic mass is 10.1. The quantitative estimate of drug-likeness (QED) is 0.765. The van der Waals surface area contributed by atoms with Crippen LogP contribution in [0.3, 0.4) is 0 Å². The van der Waals surface area contributed by atoms with E-state index in [1.807, 2.05) is 35.2 Å². The Labute approximate surface area is 129 Å². The Balaban J connectivity index is 1.49. The highest BCUT2D eigenvalue weighted by Gasteiger charge is 2.69. The lowest BCUT2D eigenvalue weighted by Crippen LogP contribution is -2.36. The highest BCUT2D eigenvalue weighted by molar-refractivity contribution is 7.85. The summed E-state index contributed by atoms with van der Waals surface area (Å²) in [6.07, 6.45) is 0.714. The molecule has 0 unspecified atom stereocenters. The van der Waals surface area contributed by atoms with E-state index in [2.05, 4.69) is 0 Å². The van der Waals surface area contributed by atoms with Gasteiger partial charge in [0.05, 0.1) is 25.5 Å². The van der Waals surface area contributed by atoms with Gasteiger partial charge in [0.1, 0.15) is 0 Å². The van der Waals surface area contributed by atoms with Gasteiger partial charge in [0.25, 0.3) is 10.1 Å². The van der Waals surface area contributed by atoms with Crippen LogP contribution in [0.15, 0.2) is 30.3 Å². The molecule has 3 fully saturated rings. The number of rotatable bonds is 4. The van der Waals surface area contributed by atoms with Gasteiger partial charge in [-0.05, 0) is 5.92 Å². The first-order chi connectivity index (χ1) is 10.5. The molecule has 2 heterocycles. The molecule has 0 bridgehead atoms. The molecule has 2 saturated heterocycles. The Hall–Kier alpha value is -1.44. The van der Waals surface area contributed by atoms with E-state index in [0.717, 1.165) is 11.8 Å². The first-order valence-corrected chi connectivity index (χ1v) is 9.12. The first-order valence-electron chi connectivity index (χ1n) is 7.30. The van der Waals surface area contributed by atoms with Crippen molar-refractivity contribution in [1.82, 2.24) is 4.90 Å². The maximum atomic E-state index is 12.6. The minimum absolute atomic E-state index is 0.00148. The van der Waals surface area contributed by atoms with Gasteiger partial charge in [0.15, 0.2) is 6.23 Å². The van der Waals surface area contributed by atoms with Crippen molar-refractivity contribution in [2.24, 2.45) is 17.8 Å². The van der Waals surface area contributed by atoms with Gasteiger partial charge in [0.2, 0.25) is 5.91 Å². The molecule has 22 heavy (non-hydrogen) atoms. The van der Waals surface area contributed by atoms with Crippen LogP contribution < -0.4 is 0 Å². The third-order valence-corrected chi connectivity index (χ3v) is 5.37. The maximum absolute atomic E-state index is 12.6. The largest absolute Gasteiger partial charge is 0.352 e. The second-order valence-corrected chi connectivity index (χ2v) is 7.81. The molecule has 0 radical (unpaired) electrons. The molecular weight excluding hydrogens is 306 g/mol. The lowest BCUT2D eigenvalue weighted by Gasteiger charge is -2.25. The summed E-state index contributed by atoms with van der Waals surface area (Å²) >= 11 is 0. The third-order valence-electron chi connectivity index (χ3n) is 4.81. The van der Waals surface area contributed by atoms with Gasteiger partial charge in [-0.2, -0.15) is 8.42 Å². The van der Waals surface area contributed by atoms with Crippen LogP contribution in [-0.4, -0.2) is 44.7 Å². The molecule has 2 aliphatic heterocycles. The van der Waals surface area contributed by atoms with E-state index < -0.39 is 10.1 Å². The molecule has 5 atom stereocenters. The number of ether oxygens (including phenoxy) is 1. The number of carbonyl (C=O) groups excluding carboxylic acids is 1. The maximum Gasteiger partial charge on any atom is 0.264 e. The molecule has 1 aliphatic carbocycles. The van der Waals surface area contributed by atoms with Gasteiger partial charge in [-0.25, -0.2) is 0 Å². The summed E-state index contributed by atoms with van der Waals surface area (Å²) in [4.78, 5) is 14.4. The summed E-state index contributed by atoms with van der Waals surface area (Å²) in [5.74, 6) is 0.106. The zero-order chi connectivity index (χ0) is 15.5. The van der Waals surface area contributed by atoms with Crippen LogP contribution in [0, 0.1) is 17.8 Å². The van der Waals surface area contributed by atoms with E-state index in [-0.39, 0.29) is 42.5 Å². The summed E-state index contributed by atoms with van der Waals surface area (Å²) in [7, 11) is -3.46. The average Bonchev–Trinajstić information content (AvgIpc) is 2.89. The van der Waals surface area contributed by atoms with Crippen molar-refractivity contribution >= 4 is 16.0 Å². The van der Waals surface area contributed by atoms with E-state index in [1.54, 1.807) is 0 Å². The van der Waals surface area contributed by atoms with Crippen molar-refractivity contribution in [2.45, 2.75) is 12.3 Å². The van der Waals surface area contributed by atoms with Gasteiger partial charge in [-0.3, -0.25) is 8.98 Å². The number of hydrogen-bond donors (Lipinski definition) is 0. The smallest absolute Gasteiger partial charge is 0.264 e. The molecular formula is C15H17NO5S. The molecule has 1 aromatic rings. The lowest BCUT2D eigenvalue weighted by molar-refractivity contribution is -0.137. The predicted octanol–water partition coefficient (Wildman–Crippen LogP) is 0.765. The molecule has 3 aliphatic rings. The van der Waals surface area contributed by atoms with E-state index >= 15 is 0 Å². The Bertz CT molecular complexity index is 704. The summed E-state index contributed by atoms with van der Waals surface area (Å²) in [5, 5.41) is 0. The van der Waals surface area contributed by atoms with E-state index in [1.165, 1.54) is 0 Å². The van der Waals surface area contributed by atoms with E-state index in [4.69, 9.17) is 8.92 Å². The second kappa shape index (κ2) is 4.78. The van der Waals surface area contributed by atoms with Crippen LogP contribution in [0.2, 0.25) is 0 Å². The summed E-state index contributed by atoms with van der Waals surface area (Å²) < 4.78 is 32.8. The molecule has 1 amide bonds. The van der Waals surface area contributed by atoms with Crippen LogP contribution in [-0.2, 0) is 23.8 Å². The minimum atomic E-state index is -3.46. The molecule has 1 aromatic carbocycles. The zero-order valence-electron chi connectivity index (χ0n) is 12.1. The Morgan fingerprint density at radius 1 is 1.32 bits per heavy atom. The predicted molar refractivity (Wildman–Crippen MR) is 77.0 cm³/mol. The van der Waals surface area contributed by atoms with Crippen molar-refractivity contribution in [3.05, 3.63) is 35.9 Å². The zero-order valence-corrected chi connectivity index (χ0v) is 12.9. The van der Waals surface area contributed by atoms with Crippen LogP contribution in [0.4, 0.5) is 0 Å². The van der Waals surface area contributed by atoms with Crippen LogP contribution >= 0.6 is 0 Å². The van der Waals surface area contributed by atoms with Gasteiger partial charge in [-0.1, -0.05) is 30.3 Å². The van der Waals surface area contributed by atoms with Crippen molar-refractivity contribution in [3.63, 3.8) is 0 Å². The number of benzene rings is 1. The summed E-state index contributed by atoms with van der Waals surface area (Å²) in [5.41, 5.74) is 0.976. The van der Waals surface area contributed by atoms with Crippen molar-refractivity contribution in [1.29, 1.82) is 0 Å². The fourth-order valence-electron chi connectivity index (χ4n) is 3.84. The van der Waals surface area contributed by atoms with E-state index in [9.17, 15) is 13.2 Å². The van der Waals surface area contributed by atoms with Gasteiger partial charge >= 0.3 is 0 Å². The highest BCUT2D eigenvalue weighted by atomic mass is 32.2. The number of piperidine rings is 1. The molecule has 6 nitrogen and oxygen atoms in total. The van der Waals surface area contributed by atoms with Crippen molar-refractivity contribution < 1.29 is 22.1 Å². The average molecular weight is 323 g/mol. The normalized spacial score (nSPS) is 36.3. The SMILES string of the molecule is CS(=O)(=O)OC[C@@H]1[C@H]2C(=O)N3[C@@H](c4ccccc4)OC[C@@H]3[C@@H]12. The number of carbonyl (C=O) groups is 1. The number of hydrogen-bond acceptors (Lipinski definition) is 5. The van der Waals surface area contributed by atoms with Gasteiger partial charge in [0, 0.05) is 17.4 Å².